The molecule has 0 spiro atoms. The third-order valence-electron chi connectivity index (χ3n) is 7.92. The summed E-state index contributed by atoms with van der Waals surface area (Å²) in [6, 6.07) is 9.22. The van der Waals surface area contributed by atoms with Crippen LogP contribution in [0.15, 0.2) is 36.4 Å². The zero-order valence-corrected chi connectivity index (χ0v) is 27.7. The summed E-state index contributed by atoms with van der Waals surface area (Å²) in [5, 5.41) is 44.0. The molecule has 3 atom stereocenters. The van der Waals surface area contributed by atoms with Crippen LogP contribution in [0.1, 0.15) is 67.6 Å². The Morgan fingerprint density at radius 3 is 2.34 bits per heavy atom. The number of amides is 2. The first kappa shape index (κ1) is 37.7. The molecule has 0 saturated carbocycles. The third-order valence-corrected chi connectivity index (χ3v) is 7.92. The normalized spacial score (nSPS) is 18.5. The van der Waals surface area contributed by atoms with Crippen LogP contribution in [-0.4, -0.2) is 100 Å². The fourth-order valence-corrected chi connectivity index (χ4v) is 4.42. The number of nitrogens with one attached hydrogen (secondary N) is 2. The topological polar surface area (TPSA) is 196 Å². The van der Waals surface area contributed by atoms with E-state index in [-0.39, 0.29) is 56.1 Å². The number of carbonyl (C=O) groups excluding carboxylic acids is 2. The summed E-state index contributed by atoms with van der Waals surface area (Å²) in [5.41, 5.74) is 0.791. The fraction of sp³-hybridized carbons (Fsp3) is 0.545. The second kappa shape index (κ2) is 16.4. The van der Waals surface area contributed by atoms with E-state index in [4.69, 9.17) is 18.9 Å². The summed E-state index contributed by atoms with van der Waals surface area (Å²) < 4.78 is 22.9. The summed E-state index contributed by atoms with van der Waals surface area (Å²) in [6.45, 7) is 7.50. The van der Waals surface area contributed by atoms with Crippen molar-refractivity contribution in [3.8, 4) is 5.75 Å². The first-order valence-corrected chi connectivity index (χ1v) is 15.3. The van der Waals surface area contributed by atoms with Crippen LogP contribution < -0.4 is 15.4 Å². The predicted octanol–water partition coefficient (Wildman–Crippen LogP) is 2.61. The van der Waals surface area contributed by atoms with Gasteiger partial charge in [-0.25, -0.2) is 9.59 Å². The molecule has 3 rings (SSSR count). The van der Waals surface area contributed by atoms with Crippen LogP contribution in [0.25, 0.3) is 0 Å². The van der Waals surface area contributed by atoms with E-state index < -0.39 is 42.1 Å². The molecule has 0 bridgehead atoms. The van der Waals surface area contributed by atoms with E-state index in [1.54, 1.807) is 24.3 Å². The average molecular weight is 662 g/mol. The Bertz CT molecular complexity index is 1400. The molecule has 3 unspecified atom stereocenters. The van der Waals surface area contributed by atoms with Gasteiger partial charge in [0.2, 0.25) is 6.29 Å². The molecule has 1 fully saturated rings. The molecule has 14 heteroatoms. The molecule has 1 saturated heterocycles. The van der Waals surface area contributed by atoms with Crippen molar-refractivity contribution in [1.82, 2.24) is 10.2 Å². The zero-order chi connectivity index (χ0) is 34.9. The second-order valence-corrected chi connectivity index (χ2v) is 12.9. The van der Waals surface area contributed by atoms with Crippen molar-refractivity contribution in [1.29, 1.82) is 0 Å². The van der Waals surface area contributed by atoms with Gasteiger partial charge in [-0.15, -0.1) is 0 Å². The highest BCUT2D eigenvalue weighted by Gasteiger charge is 2.35. The van der Waals surface area contributed by atoms with Gasteiger partial charge in [-0.1, -0.05) is 12.1 Å². The molecule has 260 valence electrons. The highest BCUT2D eigenvalue weighted by atomic mass is 16.7. The molecule has 0 radical (unpaired) electrons. The largest absolute Gasteiger partial charge is 0.479 e. The minimum Gasteiger partial charge on any atom is -0.479 e. The number of carboxylic acids is 1. The minimum absolute atomic E-state index is 0.00643. The van der Waals surface area contributed by atoms with Crippen molar-refractivity contribution >= 4 is 23.7 Å². The van der Waals surface area contributed by atoms with Gasteiger partial charge in [-0.2, -0.15) is 0 Å². The lowest BCUT2D eigenvalue weighted by Crippen LogP contribution is -2.48. The van der Waals surface area contributed by atoms with E-state index in [2.05, 4.69) is 10.6 Å². The molecule has 1 aliphatic rings. The smallest absolute Gasteiger partial charge is 0.411 e. The van der Waals surface area contributed by atoms with Crippen LogP contribution in [-0.2, 0) is 38.8 Å². The number of aliphatic hydroxyl groups excluding tert-OH is 3. The van der Waals surface area contributed by atoms with Crippen molar-refractivity contribution < 1.29 is 53.8 Å². The Hall–Kier alpha value is -3.79. The number of ether oxygens (including phenoxy) is 4. The van der Waals surface area contributed by atoms with Crippen molar-refractivity contribution in [2.45, 2.75) is 90.0 Å². The standard InChI is InChI=1S/C33H47N3O11/c1-32(2,36(5)6)19-45-33(3,4)18-34-29(40)24-12-21(8-10-26(24)46-28-14-23(39)13-27(47-28)30(41)42)17-44-31(43)35-25-9-7-20(15-37)11-22(25)16-38/h7-12,23,27-28,37-39H,13-19H2,1-6H3,(H,34,40)(H,35,43)(H,41,42). The number of aliphatic hydroxyl groups is 3. The SMILES string of the molecule is CN(C)C(C)(C)COC(C)(C)CNC(=O)c1cc(COC(=O)Nc2ccc(CO)cc2CO)ccc1OC1CC(O)CC(C(=O)O)O1. The van der Waals surface area contributed by atoms with E-state index in [0.717, 1.165) is 0 Å². The van der Waals surface area contributed by atoms with Crippen molar-refractivity contribution in [3.05, 3.63) is 58.7 Å². The van der Waals surface area contributed by atoms with Crippen LogP contribution >= 0.6 is 0 Å². The number of anilines is 1. The number of hydrogen-bond donors (Lipinski definition) is 6. The van der Waals surface area contributed by atoms with Crippen LogP contribution in [0.2, 0.25) is 0 Å². The van der Waals surface area contributed by atoms with Gasteiger partial charge in [-0.3, -0.25) is 10.1 Å². The van der Waals surface area contributed by atoms with Gasteiger partial charge < -0.3 is 49.6 Å². The summed E-state index contributed by atoms with van der Waals surface area (Å²) in [7, 11) is 3.91. The Labute approximate surface area is 274 Å². The van der Waals surface area contributed by atoms with E-state index in [1.807, 2.05) is 46.7 Å². The number of benzene rings is 2. The fourth-order valence-electron chi connectivity index (χ4n) is 4.42. The van der Waals surface area contributed by atoms with Crippen molar-refractivity contribution in [3.63, 3.8) is 0 Å². The van der Waals surface area contributed by atoms with Gasteiger partial charge >= 0.3 is 12.1 Å². The molecule has 6 N–H and O–H groups in total. The molecule has 47 heavy (non-hydrogen) atoms. The second-order valence-electron chi connectivity index (χ2n) is 12.9. The van der Waals surface area contributed by atoms with E-state index in [1.165, 1.54) is 12.1 Å². The van der Waals surface area contributed by atoms with Crippen molar-refractivity contribution in [2.24, 2.45) is 0 Å². The highest BCUT2D eigenvalue weighted by molar-refractivity contribution is 5.97. The number of nitrogens with zero attached hydrogens (tertiary/aromatic N) is 1. The average Bonchev–Trinajstić information content (AvgIpc) is 3.02. The number of aliphatic carboxylic acids is 1. The third kappa shape index (κ3) is 11.2. The van der Waals surface area contributed by atoms with Crippen LogP contribution in [0.4, 0.5) is 10.5 Å². The summed E-state index contributed by atoms with van der Waals surface area (Å²) in [4.78, 5) is 39.7. The number of hydrogen-bond acceptors (Lipinski definition) is 11. The first-order chi connectivity index (χ1) is 22.0. The molecule has 1 heterocycles. The quantitative estimate of drug-likeness (QED) is 0.164. The Kier molecular flexibility index (Phi) is 13.1. The van der Waals surface area contributed by atoms with E-state index in [0.29, 0.717) is 29.0 Å². The lowest BCUT2D eigenvalue weighted by atomic mass is 10.0. The van der Waals surface area contributed by atoms with E-state index in [9.17, 15) is 34.8 Å². The molecule has 0 aliphatic carbocycles. The number of carbonyl (C=O) groups is 3. The zero-order valence-electron chi connectivity index (χ0n) is 27.7. The van der Waals surface area contributed by atoms with Crippen LogP contribution in [0.5, 0.6) is 5.75 Å². The Morgan fingerprint density at radius 2 is 1.70 bits per heavy atom. The molecule has 2 aromatic carbocycles. The molecule has 2 aromatic rings. The van der Waals surface area contributed by atoms with Crippen LogP contribution in [0.3, 0.4) is 0 Å². The molecular weight excluding hydrogens is 614 g/mol. The maximum atomic E-state index is 13.6. The molecule has 1 aliphatic heterocycles. The summed E-state index contributed by atoms with van der Waals surface area (Å²) in [5.74, 6) is -1.70. The highest BCUT2D eigenvalue weighted by Crippen LogP contribution is 2.28. The number of likely N-dealkylation sites (N-methyl/N-ethyl adjacent to an activating group) is 1. The maximum absolute atomic E-state index is 13.6. The molecule has 2 amide bonds. The lowest BCUT2D eigenvalue weighted by Gasteiger charge is -2.36. The van der Waals surface area contributed by atoms with Gasteiger partial charge in [0.15, 0.2) is 6.10 Å². The predicted molar refractivity (Wildman–Crippen MR) is 171 cm³/mol. The first-order valence-electron chi connectivity index (χ1n) is 15.3. The molecule has 14 nitrogen and oxygen atoms in total. The number of rotatable bonds is 15. The minimum atomic E-state index is -1.28. The van der Waals surface area contributed by atoms with Gasteiger partial charge in [0.1, 0.15) is 12.4 Å². The van der Waals surface area contributed by atoms with Gasteiger partial charge in [-0.05, 0) is 77.2 Å². The lowest BCUT2D eigenvalue weighted by molar-refractivity contribution is -0.195. The monoisotopic (exact) mass is 661 g/mol. The summed E-state index contributed by atoms with van der Waals surface area (Å²) >= 11 is 0. The summed E-state index contributed by atoms with van der Waals surface area (Å²) in [6.07, 6.45) is -4.30. The molecule has 0 aromatic heterocycles. The Balaban J connectivity index is 1.77. The van der Waals surface area contributed by atoms with Gasteiger partial charge in [0, 0.05) is 36.2 Å². The van der Waals surface area contributed by atoms with Gasteiger partial charge in [0.25, 0.3) is 5.91 Å². The number of carboxylic acid groups (broad SMARTS) is 1. The van der Waals surface area contributed by atoms with E-state index >= 15 is 0 Å². The van der Waals surface area contributed by atoms with Gasteiger partial charge in [0.05, 0.1) is 37.1 Å². The van der Waals surface area contributed by atoms with Crippen molar-refractivity contribution in [2.75, 3.05) is 32.6 Å². The maximum Gasteiger partial charge on any atom is 0.411 e. The van der Waals surface area contributed by atoms with Crippen LogP contribution in [0, 0.1) is 0 Å². The molecular formula is C33H47N3O11. The Morgan fingerprint density at radius 1 is 1.00 bits per heavy atom.